The molecular formula is C17H24N4O. The largest absolute Gasteiger partial charge is 0.389 e. The van der Waals surface area contributed by atoms with Crippen molar-refractivity contribution in [1.82, 2.24) is 15.0 Å². The predicted molar refractivity (Wildman–Crippen MR) is 88.8 cm³/mol. The molecule has 0 unspecified atom stereocenters. The summed E-state index contributed by atoms with van der Waals surface area (Å²) in [6.45, 7) is 9.06. The summed E-state index contributed by atoms with van der Waals surface area (Å²) in [7, 11) is 0. The number of anilines is 1. The van der Waals surface area contributed by atoms with Gasteiger partial charge >= 0.3 is 0 Å². The maximum atomic E-state index is 10.1. The summed E-state index contributed by atoms with van der Waals surface area (Å²) < 4.78 is 0. The second kappa shape index (κ2) is 6.83. The molecule has 118 valence electrons. The lowest BCUT2D eigenvalue weighted by atomic mass is 10.1. The van der Waals surface area contributed by atoms with Crippen LogP contribution in [-0.2, 0) is 6.42 Å². The Morgan fingerprint density at radius 2 is 1.82 bits per heavy atom. The van der Waals surface area contributed by atoms with E-state index >= 15 is 0 Å². The summed E-state index contributed by atoms with van der Waals surface area (Å²) in [6.07, 6.45) is 4.32. The average Bonchev–Trinajstić information content (AvgIpc) is 2.52. The highest BCUT2D eigenvalue weighted by atomic mass is 16.3. The molecule has 0 aliphatic rings. The van der Waals surface area contributed by atoms with Crippen molar-refractivity contribution in [3.63, 3.8) is 0 Å². The quantitative estimate of drug-likeness (QED) is 0.888. The minimum atomic E-state index is -0.774. The number of hydrogen-bond acceptors (Lipinski definition) is 5. The Morgan fingerprint density at radius 3 is 2.36 bits per heavy atom. The second-order valence-corrected chi connectivity index (χ2v) is 5.96. The normalized spacial score (nSPS) is 11.5. The Morgan fingerprint density at radius 1 is 1.14 bits per heavy atom. The molecule has 0 atom stereocenters. The molecule has 2 rings (SSSR count). The number of likely N-dealkylation sites (N-methyl/N-ethyl adjacent to an activating group) is 1. The summed E-state index contributed by atoms with van der Waals surface area (Å²) in [5, 5.41) is 10.1. The maximum absolute atomic E-state index is 10.1. The maximum Gasteiger partial charge on any atom is 0.161 e. The molecule has 0 bridgehead atoms. The SMILES string of the molecule is CCc1cc(N(CC)CC(C)(C)O)nc(-c2ccncc2)n1. The highest BCUT2D eigenvalue weighted by molar-refractivity contribution is 5.57. The van der Waals surface area contributed by atoms with Gasteiger partial charge in [-0.25, -0.2) is 9.97 Å². The fourth-order valence-electron chi connectivity index (χ4n) is 2.28. The van der Waals surface area contributed by atoms with Crippen LogP contribution in [-0.4, -0.2) is 38.7 Å². The standard InChI is InChI=1S/C17H24N4O/c1-5-14-11-15(21(6-2)12-17(3,4)22)20-16(19-14)13-7-9-18-10-8-13/h7-11,22H,5-6,12H2,1-4H3. The molecule has 0 saturated heterocycles. The topological polar surface area (TPSA) is 62.1 Å². The fourth-order valence-corrected chi connectivity index (χ4v) is 2.28. The van der Waals surface area contributed by atoms with Crippen molar-refractivity contribution >= 4 is 5.82 Å². The predicted octanol–water partition coefficient (Wildman–Crippen LogP) is 2.70. The van der Waals surface area contributed by atoms with Crippen molar-refractivity contribution in [2.45, 2.75) is 39.7 Å². The Kier molecular flexibility index (Phi) is 5.08. The lowest BCUT2D eigenvalue weighted by molar-refractivity contribution is 0.0874. The Bertz CT molecular complexity index is 608. The zero-order valence-corrected chi connectivity index (χ0v) is 13.7. The van der Waals surface area contributed by atoms with E-state index in [2.05, 4.69) is 33.7 Å². The molecule has 0 aliphatic heterocycles. The highest BCUT2D eigenvalue weighted by Gasteiger charge is 2.19. The number of rotatable bonds is 6. The number of pyridine rings is 1. The lowest BCUT2D eigenvalue weighted by Crippen LogP contribution is -2.39. The van der Waals surface area contributed by atoms with Gasteiger partial charge in [0.25, 0.3) is 0 Å². The molecule has 0 fully saturated rings. The van der Waals surface area contributed by atoms with Gasteiger partial charge in [0.05, 0.1) is 5.60 Å². The van der Waals surface area contributed by atoms with Gasteiger partial charge in [0.15, 0.2) is 5.82 Å². The van der Waals surface area contributed by atoms with Gasteiger partial charge in [0.2, 0.25) is 0 Å². The van der Waals surface area contributed by atoms with E-state index in [0.717, 1.165) is 30.0 Å². The van der Waals surface area contributed by atoms with E-state index in [1.165, 1.54) is 0 Å². The third-order valence-electron chi connectivity index (χ3n) is 3.35. The van der Waals surface area contributed by atoms with Gasteiger partial charge in [-0.3, -0.25) is 4.98 Å². The average molecular weight is 300 g/mol. The first kappa shape index (κ1) is 16.4. The molecule has 5 nitrogen and oxygen atoms in total. The van der Waals surface area contributed by atoms with E-state index in [1.54, 1.807) is 26.2 Å². The number of aryl methyl sites for hydroxylation is 1. The van der Waals surface area contributed by atoms with Crippen LogP contribution in [0.25, 0.3) is 11.4 Å². The van der Waals surface area contributed by atoms with Crippen LogP contribution in [0.15, 0.2) is 30.6 Å². The minimum absolute atomic E-state index is 0.527. The van der Waals surface area contributed by atoms with E-state index in [-0.39, 0.29) is 0 Å². The van der Waals surface area contributed by atoms with E-state index in [1.807, 2.05) is 18.2 Å². The Balaban J connectivity index is 2.43. The number of nitrogens with zero attached hydrogens (tertiary/aromatic N) is 4. The van der Waals surface area contributed by atoms with Crippen LogP contribution in [0.1, 0.15) is 33.4 Å². The highest BCUT2D eigenvalue weighted by Crippen LogP contribution is 2.21. The molecule has 2 aromatic heterocycles. The van der Waals surface area contributed by atoms with Crippen LogP contribution in [0, 0.1) is 0 Å². The van der Waals surface area contributed by atoms with Crippen molar-refractivity contribution < 1.29 is 5.11 Å². The molecule has 0 amide bonds. The van der Waals surface area contributed by atoms with Gasteiger partial charge in [-0.05, 0) is 39.3 Å². The monoisotopic (exact) mass is 300 g/mol. The zero-order valence-electron chi connectivity index (χ0n) is 13.7. The first-order chi connectivity index (χ1) is 10.4. The van der Waals surface area contributed by atoms with Crippen molar-refractivity contribution in [2.24, 2.45) is 0 Å². The van der Waals surface area contributed by atoms with Crippen molar-refractivity contribution in [1.29, 1.82) is 0 Å². The smallest absolute Gasteiger partial charge is 0.161 e. The molecule has 5 heteroatoms. The van der Waals surface area contributed by atoms with Gasteiger partial charge < -0.3 is 10.0 Å². The fraction of sp³-hybridized carbons (Fsp3) is 0.471. The van der Waals surface area contributed by atoms with Crippen molar-refractivity contribution in [3.8, 4) is 11.4 Å². The minimum Gasteiger partial charge on any atom is -0.389 e. The summed E-state index contributed by atoms with van der Waals surface area (Å²) in [5.74, 6) is 1.55. The summed E-state index contributed by atoms with van der Waals surface area (Å²) in [4.78, 5) is 15.4. The third-order valence-corrected chi connectivity index (χ3v) is 3.35. The first-order valence-electron chi connectivity index (χ1n) is 7.68. The summed E-state index contributed by atoms with van der Waals surface area (Å²) >= 11 is 0. The summed E-state index contributed by atoms with van der Waals surface area (Å²) in [6, 6.07) is 5.82. The number of hydrogen-bond donors (Lipinski definition) is 1. The van der Waals surface area contributed by atoms with Crippen LogP contribution < -0.4 is 4.90 Å². The molecule has 0 radical (unpaired) electrons. The van der Waals surface area contributed by atoms with E-state index in [0.29, 0.717) is 12.4 Å². The molecule has 1 N–H and O–H groups in total. The van der Waals surface area contributed by atoms with Crippen LogP contribution in [0.4, 0.5) is 5.82 Å². The molecule has 2 aromatic rings. The molecule has 2 heterocycles. The van der Waals surface area contributed by atoms with Crippen LogP contribution in [0.3, 0.4) is 0 Å². The van der Waals surface area contributed by atoms with Crippen LogP contribution >= 0.6 is 0 Å². The zero-order chi connectivity index (χ0) is 16.2. The van der Waals surface area contributed by atoms with Crippen molar-refractivity contribution in [2.75, 3.05) is 18.0 Å². The molecule has 22 heavy (non-hydrogen) atoms. The van der Waals surface area contributed by atoms with E-state index in [9.17, 15) is 5.11 Å². The van der Waals surface area contributed by atoms with Gasteiger partial charge in [0, 0.05) is 42.8 Å². The number of aromatic nitrogens is 3. The Labute approximate surface area is 132 Å². The third kappa shape index (κ3) is 4.24. The summed E-state index contributed by atoms with van der Waals surface area (Å²) in [5.41, 5.74) is 1.17. The second-order valence-electron chi connectivity index (χ2n) is 5.96. The van der Waals surface area contributed by atoms with Gasteiger partial charge in [0.1, 0.15) is 5.82 Å². The first-order valence-corrected chi connectivity index (χ1v) is 7.68. The van der Waals surface area contributed by atoms with Gasteiger partial charge in [-0.1, -0.05) is 6.92 Å². The molecule has 0 spiro atoms. The van der Waals surface area contributed by atoms with Crippen LogP contribution in [0.2, 0.25) is 0 Å². The van der Waals surface area contributed by atoms with E-state index < -0.39 is 5.60 Å². The molecule has 0 aliphatic carbocycles. The number of aliphatic hydroxyl groups is 1. The van der Waals surface area contributed by atoms with Crippen molar-refractivity contribution in [3.05, 3.63) is 36.3 Å². The Hall–Kier alpha value is -2.01. The van der Waals surface area contributed by atoms with E-state index in [4.69, 9.17) is 0 Å². The van der Waals surface area contributed by atoms with Crippen LogP contribution in [0.5, 0.6) is 0 Å². The lowest BCUT2D eigenvalue weighted by Gasteiger charge is -2.29. The van der Waals surface area contributed by atoms with Gasteiger partial charge in [-0.2, -0.15) is 0 Å². The molecule has 0 saturated carbocycles. The molecule has 0 aromatic carbocycles. The molecular weight excluding hydrogens is 276 g/mol. The van der Waals surface area contributed by atoms with Gasteiger partial charge in [-0.15, -0.1) is 0 Å².